The van der Waals surface area contributed by atoms with E-state index in [2.05, 4.69) is 4.72 Å². The lowest BCUT2D eigenvalue weighted by Crippen LogP contribution is -2.28. The van der Waals surface area contributed by atoms with Gasteiger partial charge in [-0.15, -0.1) is 0 Å². The molecule has 0 spiro atoms. The van der Waals surface area contributed by atoms with Crippen LogP contribution in [0.4, 0.5) is 10.1 Å². The molecule has 0 unspecified atom stereocenters. The molecule has 1 aromatic carbocycles. The van der Waals surface area contributed by atoms with E-state index in [0.717, 1.165) is 6.07 Å². The first-order valence-corrected chi connectivity index (χ1v) is 7.10. The van der Waals surface area contributed by atoms with E-state index in [0.29, 0.717) is 0 Å². The van der Waals surface area contributed by atoms with Crippen molar-refractivity contribution in [3.05, 3.63) is 23.5 Å². The van der Waals surface area contributed by atoms with Gasteiger partial charge in [0.2, 0.25) is 10.0 Å². The minimum Gasteiger partial charge on any atom is -0.399 e. The van der Waals surface area contributed by atoms with Crippen LogP contribution in [-0.2, 0) is 14.8 Å². The van der Waals surface area contributed by atoms with Crippen LogP contribution in [0.3, 0.4) is 0 Å². The Bertz CT molecular complexity index is 534. The summed E-state index contributed by atoms with van der Waals surface area (Å²) < 4.78 is 44.5. The standard InChI is InChI=1S/C11H17FN2O4S/c1-8-10(12)6-9(13)7-11(8)19(16,17)14-2-4-18-5-3-15/h6-7,14-15H,2-5,13H2,1H3. The third-order valence-corrected chi connectivity index (χ3v) is 3.97. The van der Waals surface area contributed by atoms with Crippen molar-refractivity contribution in [1.29, 1.82) is 0 Å². The maximum atomic E-state index is 13.4. The van der Waals surface area contributed by atoms with Crippen LogP contribution in [-0.4, -0.2) is 39.9 Å². The van der Waals surface area contributed by atoms with Gasteiger partial charge in [-0.3, -0.25) is 0 Å². The lowest BCUT2D eigenvalue weighted by Gasteiger charge is -2.11. The van der Waals surface area contributed by atoms with Gasteiger partial charge in [-0.05, 0) is 19.1 Å². The number of rotatable bonds is 7. The van der Waals surface area contributed by atoms with Crippen LogP contribution in [0.2, 0.25) is 0 Å². The van der Waals surface area contributed by atoms with E-state index in [9.17, 15) is 12.8 Å². The second-order valence-corrected chi connectivity index (χ2v) is 5.59. The molecule has 0 aromatic heterocycles. The molecule has 1 aromatic rings. The van der Waals surface area contributed by atoms with Gasteiger partial charge < -0.3 is 15.6 Å². The topological polar surface area (TPSA) is 102 Å². The third kappa shape index (κ3) is 4.43. The summed E-state index contributed by atoms with van der Waals surface area (Å²) in [5, 5.41) is 8.48. The first-order valence-electron chi connectivity index (χ1n) is 5.62. The van der Waals surface area contributed by atoms with E-state index in [4.69, 9.17) is 15.6 Å². The number of aliphatic hydroxyl groups is 1. The summed E-state index contributed by atoms with van der Waals surface area (Å²) in [7, 11) is -3.84. The normalized spacial score (nSPS) is 11.7. The number of nitrogens with two attached hydrogens (primary N) is 1. The van der Waals surface area contributed by atoms with Gasteiger partial charge >= 0.3 is 0 Å². The summed E-state index contributed by atoms with van der Waals surface area (Å²) in [4.78, 5) is -0.188. The predicted octanol–water partition coefficient (Wildman–Crippen LogP) is 0.00352. The number of sulfonamides is 1. The first kappa shape index (κ1) is 15.8. The fourth-order valence-electron chi connectivity index (χ4n) is 1.45. The number of nitrogens with one attached hydrogen (secondary N) is 1. The number of nitrogen functional groups attached to an aromatic ring is 1. The minimum atomic E-state index is -3.84. The molecule has 0 aliphatic carbocycles. The van der Waals surface area contributed by atoms with Crippen molar-refractivity contribution in [3.8, 4) is 0 Å². The molecule has 4 N–H and O–H groups in total. The number of benzene rings is 1. The Kier molecular flexibility index (Phi) is 5.67. The van der Waals surface area contributed by atoms with Gasteiger partial charge in [-0.2, -0.15) is 0 Å². The van der Waals surface area contributed by atoms with Crippen LogP contribution in [0.5, 0.6) is 0 Å². The zero-order chi connectivity index (χ0) is 14.5. The zero-order valence-corrected chi connectivity index (χ0v) is 11.3. The van der Waals surface area contributed by atoms with E-state index in [1.54, 1.807) is 0 Å². The molecule has 6 nitrogen and oxygen atoms in total. The Labute approximate surface area is 111 Å². The molecule has 0 saturated carbocycles. The number of aliphatic hydroxyl groups excluding tert-OH is 1. The molecule has 0 bridgehead atoms. The smallest absolute Gasteiger partial charge is 0.241 e. The lowest BCUT2D eigenvalue weighted by atomic mass is 10.2. The Morgan fingerprint density at radius 1 is 1.42 bits per heavy atom. The largest absolute Gasteiger partial charge is 0.399 e. The van der Waals surface area contributed by atoms with Crippen molar-refractivity contribution >= 4 is 15.7 Å². The molecule has 0 aliphatic heterocycles. The van der Waals surface area contributed by atoms with E-state index in [1.807, 2.05) is 0 Å². The van der Waals surface area contributed by atoms with Crippen LogP contribution in [0.15, 0.2) is 17.0 Å². The summed E-state index contributed by atoms with van der Waals surface area (Å²) in [6.45, 7) is 1.51. The molecule has 0 atom stereocenters. The van der Waals surface area contributed by atoms with E-state index < -0.39 is 15.8 Å². The summed E-state index contributed by atoms with van der Waals surface area (Å²) in [6, 6.07) is 2.27. The monoisotopic (exact) mass is 292 g/mol. The summed E-state index contributed by atoms with van der Waals surface area (Å²) >= 11 is 0. The van der Waals surface area contributed by atoms with Crippen molar-refractivity contribution in [2.24, 2.45) is 0 Å². The minimum absolute atomic E-state index is 0.0120. The highest BCUT2D eigenvalue weighted by Crippen LogP contribution is 2.21. The van der Waals surface area contributed by atoms with Crippen molar-refractivity contribution in [2.45, 2.75) is 11.8 Å². The fourth-order valence-corrected chi connectivity index (χ4v) is 2.74. The molecule has 0 amide bonds. The molecular weight excluding hydrogens is 275 g/mol. The zero-order valence-electron chi connectivity index (χ0n) is 10.5. The highest BCUT2D eigenvalue weighted by atomic mass is 32.2. The Morgan fingerprint density at radius 2 is 2.11 bits per heavy atom. The highest BCUT2D eigenvalue weighted by molar-refractivity contribution is 7.89. The quantitative estimate of drug-likeness (QED) is 0.485. The van der Waals surface area contributed by atoms with Crippen LogP contribution < -0.4 is 10.5 Å². The lowest BCUT2D eigenvalue weighted by molar-refractivity contribution is 0.0961. The van der Waals surface area contributed by atoms with Crippen molar-refractivity contribution in [1.82, 2.24) is 4.72 Å². The number of halogens is 1. The third-order valence-electron chi connectivity index (χ3n) is 2.38. The Hall–Kier alpha value is -1.22. The van der Waals surface area contributed by atoms with E-state index in [-0.39, 0.29) is 42.5 Å². The number of hydrogen-bond donors (Lipinski definition) is 3. The summed E-state index contributed by atoms with van der Waals surface area (Å²) in [5.41, 5.74) is 5.49. The van der Waals surface area contributed by atoms with Crippen LogP contribution in [0.1, 0.15) is 5.56 Å². The molecule has 0 fully saturated rings. The van der Waals surface area contributed by atoms with E-state index >= 15 is 0 Å². The molecule has 0 radical (unpaired) electrons. The molecule has 0 heterocycles. The molecule has 0 aliphatic rings. The van der Waals surface area contributed by atoms with Gasteiger partial charge in [0, 0.05) is 17.8 Å². The number of anilines is 1. The van der Waals surface area contributed by atoms with Gasteiger partial charge in [-0.25, -0.2) is 17.5 Å². The van der Waals surface area contributed by atoms with Crippen LogP contribution >= 0.6 is 0 Å². The van der Waals surface area contributed by atoms with Crippen molar-refractivity contribution in [3.63, 3.8) is 0 Å². The number of ether oxygens (including phenoxy) is 1. The van der Waals surface area contributed by atoms with Crippen LogP contribution in [0.25, 0.3) is 0 Å². The average molecular weight is 292 g/mol. The Morgan fingerprint density at radius 3 is 2.74 bits per heavy atom. The predicted molar refractivity (Wildman–Crippen MR) is 68.6 cm³/mol. The molecule has 19 heavy (non-hydrogen) atoms. The first-order chi connectivity index (χ1) is 8.88. The summed E-state index contributed by atoms with van der Waals surface area (Å²) in [5.74, 6) is -0.670. The molecule has 108 valence electrons. The highest BCUT2D eigenvalue weighted by Gasteiger charge is 2.19. The van der Waals surface area contributed by atoms with E-state index in [1.165, 1.54) is 13.0 Å². The molecule has 1 rings (SSSR count). The van der Waals surface area contributed by atoms with Gasteiger partial charge in [0.15, 0.2) is 0 Å². The molecular formula is C11H17FN2O4S. The van der Waals surface area contributed by atoms with Gasteiger partial charge in [0.25, 0.3) is 0 Å². The van der Waals surface area contributed by atoms with Crippen LogP contribution in [0, 0.1) is 12.7 Å². The molecule has 8 heteroatoms. The maximum absolute atomic E-state index is 13.4. The van der Waals surface area contributed by atoms with Gasteiger partial charge in [-0.1, -0.05) is 0 Å². The van der Waals surface area contributed by atoms with Gasteiger partial charge in [0.1, 0.15) is 5.82 Å². The average Bonchev–Trinajstić information content (AvgIpc) is 2.33. The number of hydrogen-bond acceptors (Lipinski definition) is 5. The second kappa shape index (κ2) is 6.80. The molecule has 0 saturated heterocycles. The van der Waals surface area contributed by atoms with Crippen molar-refractivity contribution < 1.29 is 22.7 Å². The Balaban J connectivity index is 2.78. The summed E-state index contributed by atoms with van der Waals surface area (Å²) in [6.07, 6.45) is 0. The second-order valence-electron chi connectivity index (χ2n) is 3.86. The fraction of sp³-hybridized carbons (Fsp3) is 0.455. The maximum Gasteiger partial charge on any atom is 0.241 e. The van der Waals surface area contributed by atoms with Crippen molar-refractivity contribution in [2.75, 3.05) is 32.1 Å². The van der Waals surface area contributed by atoms with Gasteiger partial charge in [0.05, 0.1) is 24.7 Å². The SMILES string of the molecule is Cc1c(F)cc(N)cc1S(=O)(=O)NCCOCCO.